The molecule has 8 nitrogen and oxygen atoms in total. The van der Waals surface area contributed by atoms with Crippen molar-refractivity contribution < 1.29 is 23.7 Å². The Hall–Kier alpha value is -1.30. The fourth-order valence-corrected chi connectivity index (χ4v) is 2.51. The molecule has 0 aliphatic carbocycles. The first-order valence-electron chi connectivity index (χ1n) is 9.93. The number of hydrogen-bond acceptors (Lipinski definition) is 6. The van der Waals surface area contributed by atoms with Gasteiger partial charge in [0.15, 0.2) is 17.5 Å². The van der Waals surface area contributed by atoms with Gasteiger partial charge in [0.2, 0.25) is 0 Å². The minimum absolute atomic E-state index is 0. The second-order valence-electron chi connectivity index (χ2n) is 6.15. The summed E-state index contributed by atoms with van der Waals surface area (Å²) in [4.78, 5) is 4.62. The van der Waals surface area contributed by atoms with Crippen LogP contribution >= 0.6 is 24.0 Å². The standard InChI is InChI=1S/C20H33N3O5.HI/c1-3-25-13-9-22-20(21-8-4-10-26-15-14-24-2)23-17-6-7-18-19(16-17)28-12-5-11-27-18;/h6-7,16H,3-5,8-15H2,1-2H3,(H2,21,22,23);1H. The van der Waals surface area contributed by atoms with E-state index in [2.05, 4.69) is 15.6 Å². The number of nitrogens with zero attached hydrogens (tertiary/aromatic N) is 1. The molecule has 0 amide bonds. The number of methoxy groups -OCH3 is 1. The van der Waals surface area contributed by atoms with Gasteiger partial charge in [-0.15, -0.1) is 24.0 Å². The van der Waals surface area contributed by atoms with Crippen LogP contribution in [0.25, 0.3) is 0 Å². The Morgan fingerprint density at radius 2 is 1.90 bits per heavy atom. The average Bonchev–Trinajstić information content (AvgIpc) is 2.95. The highest BCUT2D eigenvalue weighted by atomic mass is 127. The summed E-state index contributed by atoms with van der Waals surface area (Å²) in [7, 11) is 1.67. The quantitative estimate of drug-likeness (QED) is 0.189. The van der Waals surface area contributed by atoms with Gasteiger partial charge in [0.25, 0.3) is 0 Å². The molecule has 0 saturated carbocycles. The van der Waals surface area contributed by atoms with E-state index in [1.54, 1.807) is 7.11 Å². The average molecular weight is 523 g/mol. The molecule has 1 aliphatic heterocycles. The summed E-state index contributed by atoms with van der Waals surface area (Å²) in [5.41, 5.74) is 0.892. The van der Waals surface area contributed by atoms with Crippen LogP contribution in [0.1, 0.15) is 19.8 Å². The van der Waals surface area contributed by atoms with Gasteiger partial charge in [0.05, 0.1) is 33.0 Å². The highest BCUT2D eigenvalue weighted by Crippen LogP contribution is 2.32. The molecule has 0 atom stereocenters. The molecule has 0 unspecified atom stereocenters. The van der Waals surface area contributed by atoms with E-state index in [-0.39, 0.29) is 24.0 Å². The van der Waals surface area contributed by atoms with Crippen molar-refractivity contribution in [3.05, 3.63) is 18.2 Å². The third-order valence-electron chi connectivity index (χ3n) is 3.90. The minimum Gasteiger partial charge on any atom is -0.490 e. The molecule has 0 aromatic heterocycles. The maximum Gasteiger partial charge on any atom is 0.195 e. The van der Waals surface area contributed by atoms with E-state index in [1.165, 1.54) is 0 Å². The van der Waals surface area contributed by atoms with Crippen LogP contribution < -0.4 is 20.1 Å². The molecule has 0 saturated heterocycles. The van der Waals surface area contributed by atoms with Gasteiger partial charge in [-0.05, 0) is 25.5 Å². The molecule has 9 heteroatoms. The van der Waals surface area contributed by atoms with Crippen molar-refractivity contribution in [2.75, 3.05) is 71.8 Å². The summed E-state index contributed by atoms with van der Waals surface area (Å²) in [6, 6.07) is 5.82. The lowest BCUT2D eigenvalue weighted by molar-refractivity contribution is 0.0702. The Kier molecular flexibility index (Phi) is 14.6. The lowest BCUT2D eigenvalue weighted by Gasteiger charge is -2.14. The maximum absolute atomic E-state index is 5.76. The van der Waals surface area contributed by atoms with Gasteiger partial charge >= 0.3 is 0 Å². The van der Waals surface area contributed by atoms with Crippen molar-refractivity contribution in [1.82, 2.24) is 5.32 Å². The van der Waals surface area contributed by atoms with Crippen molar-refractivity contribution in [1.29, 1.82) is 0 Å². The van der Waals surface area contributed by atoms with E-state index in [1.807, 2.05) is 25.1 Å². The van der Waals surface area contributed by atoms with Gasteiger partial charge in [0.1, 0.15) is 0 Å². The van der Waals surface area contributed by atoms with E-state index in [9.17, 15) is 0 Å². The van der Waals surface area contributed by atoms with Crippen molar-refractivity contribution in [2.45, 2.75) is 19.8 Å². The van der Waals surface area contributed by atoms with Crippen LogP contribution in [0.3, 0.4) is 0 Å². The maximum atomic E-state index is 5.76. The van der Waals surface area contributed by atoms with E-state index < -0.39 is 0 Å². The Labute approximate surface area is 190 Å². The zero-order valence-corrected chi connectivity index (χ0v) is 19.7. The highest BCUT2D eigenvalue weighted by Gasteiger charge is 2.11. The number of aliphatic imine (C=N–C) groups is 1. The molecule has 166 valence electrons. The molecular weight excluding hydrogens is 489 g/mol. The molecule has 1 aromatic carbocycles. The van der Waals surface area contributed by atoms with Gasteiger partial charge in [0, 0.05) is 51.6 Å². The Morgan fingerprint density at radius 3 is 2.69 bits per heavy atom. The smallest absolute Gasteiger partial charge is 0.195 e. The first kappa shape index (κ1) is 25.7. The molecule has 29 heavy (non-hydrogen) atoms. The SMILES string of the molecule is CCOCCNC(=NCCCOCCOC)Nc1ccc2c(c1)OCCCO2.I. The predicted molar refractivity (Wildman–Crippen MR) is 125 cm³/mol. The summed E-state index contributed by atoms with van der Waals surface area (Å²) in [5.74, 6) is 2.23. The molecule has 0 spiro atoms. The zero-order chi connectivity index (χ0) is 19.9. The predicted octanol–water partition coefficient (Wildman–Crippen LogP) is 2.91. The number of nitrogens with one attached hydrogen (secondary N) is 2. The summed E-state index contributed by atoms with van der Waals surface area (Å²) < 4.78 is 27.3. The molecule has 1 aliphatic rings. The van der Waals surface area contributed by atoms with E-state index in [0.717, 1.165) is 30.0 Å². The van der Waals surface area contributed by atoms with Gasteiger partial charge < -0.3 is 34.3 Å². The van der Waals surface area contributed by atoms with Crippen LogP contribution in [0.4, 0.5) is 5.69 Å². The fraction of sp³-hybridized carbons (Fsp3) is 0.650. The van der Waals surface area contributed by atoms with Crippen LogP contribution in [0.2, 0.25) is 0 Å². The molecule has 0 radical (unpaired) electrons. The van der Waals surface area contributed by atoms with Crippen LogP contribution in [-0.4, -0.2) is 72.4 Å². The van der Waals surface area contributed by atoms with E-state index in [4.69, 9.17) is 23.7 Å². The van der Waals surface area contributed by atoms with Crippen LogP contribution in [0.15, 0.2) is 23.2 Å². The molecule has 0 bridgehead atoms. The Balaban J connectivity index is 0.00000420. The monoisotopic (exact) mass is 523 g/mol. The number of ether oxygens (including phenoxy) is 5. The van der Waals surface area contributed by atoms with Crippen molar-refractivity contribution in [2.24, 2.45) is 4.99 Å². The summed E-state index contributed by atoms with van der Waals surface area (Å²) >= 11 is 0. The summed E-state index contributed by atoms with van der Waals surface area (Å²) in [6.45, 7) is 7.84. The number of anilines is 1. The van der Waals surface area contributed by atoms with E-state index in [0.29, 0.717) is 65.3 Å². The van der Waals surface area contributed by atoms with Gasteiger partial charge in [-0.1, -0.05) is 0 Å². The number of rotatable bonds is 12. The lowest BCUT2D eigenvalue weighted by atomic mass is 10.3. The van der Waals surface area contributed by atoms with Crippen LogP contribution in [0, 0.1) is 0 Å². The summed E-state index contributed by atoms with van der Waals surface area (Å²) in [6.07, 6.45) is 1.72. The van der Waals surface area contributed by atoms with Crippen LogP contribution in [0.5, 0.6) is 11.5 Å². The molecule has 2 rings (SSSR count). The second kappa shape index (κ2) is 16.5. The normalized spacial score (nSPS) is 13.4. The van der Waals surface area contributed by atoms with Crippen LogP contribution in [-0.2, 0) is 14.2 Å². The number of hydrogen-bond donors (Lipinski definition) is 2. The Bertz CT molecular complexity index is 589. The van der Waals surface area contributed by atoms with Gasteiger partial charge in [-0.25, -0.2) is 0 Å². The number of fused-ring (bicyclic) bond motifs is 1. The topological polar surface area (TPSA) is 82.6 Å². The highest BCUT2D eigenvalue weighted by molar-refractivity contribution is 14.0. The first-order valence-corrected chi connectivity index (χ1v) is 9.93. The number of halogens is 1. The molecule has 0 fully saturated rings. The zero-order valence-electron chi connectivity index (χ0n) is 17.4. The van der Waals surface area contributed by atoms with Crippen molar-refractivity contribution in [3.8, 4) is 11.5 Å². The Morgan fingerprint density at radius 1 is 1.07 bits per heavy atom. The lowest BCUT2D eigenvalue weighted by Crippen LogP contribution is -2.33. The summed E-state index contributed by atoms with van der Waals surface area (Å²) in [5, 5.41) is 6.61. The van der Waals surface area contributed by atoms with Crippen molar-refractivity contribution >= 4 is 35.6 Å². The second-order valence-corrected chi connectivity index (χ2v) is 6.15. The third kappa shape index (κ3) is 10.9. The van der Waals surface area contributed by atoms with Crippen molar-refractivity contribution in [3.63, 3.8) is 0 Å². The number of guanidine groups is 1. The molecule has 1 heterocycles. The minimum atomic E-state index is 0. The van der Waals surface area contributed by atoms with E-state index >= 15 is 0 Å². The van der Waals surface area contributed by atoms with Gasteiger partial charge in [-0.2, -0.15) is 0 Å². The molecule has 2 N–H and O–H groups in total. The molecular formula is C20H34IN3O5. The molecule has 1 aromatic rings. The number of benzene rings is 1. The third-order valence-corrected chi connectivity index (χ3v) is 3.90. The first-order chi connectivity index (χ1) is 13.8. The largest absolute Gasteiger partial charge is 0.490 e. The van der Waals surface area contributed by atoms with Gasteiger partial charge in [-0.3, -0.25) is 4.99 Å². The fourth-order valence-electron chi connectivity index (χ4n) is 2.51.